The lowest BCUT2D eigenvalue weighted by Crippen LogP contribution is -1.97. The number of nitrogens with zero attached hydrogens (tertiary/aromatic N) is 2. The van der Waals surface area contributed by atoms with Gasteiger partial charge in [0.1, 0.15) is 10.6 Å². The molecule has 2 rings (SSSR count). The van der Waals surface area contributed by atoms with Gasteiger partial charge in [0.25, 0.3) is 0 Å². The lowest BCUT2D eigenvalue weighted by Gasteiger charge is -2.02. The Morgan fingerprint density at radius 2 is 2.22 bits per heavy atom. The summed E-state index contributed by atoms with van der Waals surface area (Å²) in [4.78, 5) is 21.1. The molecular formula is C12H12N2O3S. The molecule has 0 bridgehead atoms. The van der Waals surface area contributed by atoms with Crippen LogP contribution in [0.5, 0.6) is 5.88 Å². The van der Waals surface area contributed by atoms with Crippen LogP contribution in [-0.4, -0.2) is 29.7 Å². The van der Waals surface area contributed by atoms with Crippen molar-refractivity contribution < 1.29 is 14.3 Å². The maximum atomic E-state index is 11.4. The number of methoxy groups -OCH3 is 1. The van der Waals surface area contributed by atoms with E-state index in [1.165, 1.54) is 18.4 Å². The summed E-state index contributed by atoms with van der Waals surface area (Å²) >= 11 is 1.31. The van der Waals surface area contributed by atoms with Gasteiger partial charge in [-0.05, 0) is 19.1 Å². The Bertz CT molecular complexity index is 554. The lowest BCUT2D eigenvalue weighted by molar-refractivity contribution is 0.0606. The average Bonchev–Trinajstić information content (AvgIpc) is 2.88. The van der Waals surface area contributed by atoms with E-state index in [2.05, 4.69) is 14.7 Å². The number of hydrogen-bond donors (Lipinski definition) is 0. The Hall–Kier alpha value is -1.95. The van der Waals surface area contributed by atoms with Crippen molar-refractivity contribution in [2.75, 3.05) is 13.7 Å². The highest BCUT2D eigenvalue weighted by Gasteiger charge is 2.11. The molecule has 0 aliphatic rings. The summed E-state index contributed by atoms with van der Waals surface area (Å²) in [5.74, 6) is 0.128. The van der Waals surface area contributed by atoms with Crippen LogP contribution in [-0.2, 0) is 4.74 Å². The SMILES string of the molecule is CCOc1cncc(-c2ccc(C(=O)OC)s2)n1. The van der Waals surface area contributed by atoms with Gasteiger partial charge in [0.2, 0.25) is 5.88 Å². The fourth-order valence-electron chi connectivity index (χ4n) is 1.37. The molecule has 0 aliphatic heterocycles. The number of carbonyl (C=O) groups excluding carboxylic acids is 1. The van der Waals surface area contributed by atoms with Crippen LogP contribution in [0, 0.1) is 0 Å². The lowest BCUT2D eigenvalue weighted by atomic mass is 10.3. The molecule has 6 heteroatoms. The molecule has 0 unspecified atom stereocenters. The van der Waals surface area contributed by atoms with Crippen molar-refractivity contribution >= 4 is 17.3 Å². The van der Waals surface area contributed by atoms with E-state index in [1.807, 2.05) is 13.0 Å². The van der Waals surface area contributed by atoms with Crippen molar-refractivity contribution in [3.63, 3.8) is 0 Å². The molecule has 5 nitrogen and oxygen atoms in total. The molecule has 0 N–H and O–H groups in total. The molecular weight excluding hydrogens is 252 g/mol. The molecule has 0 radical (unpaired) electrons. The zero-order valence-corrected chi connectivity index (χ0v) is 10.9. The second-order valence-corrected chi connectivity index (χ2v) is 4.41. The monoisotopic (exact) mass is 264 g/mol. The van der Waals surface area contributed by atoms with E-state index >= 15 is 0 Å². The van der Waals surface area contributed by atoms with E-state index in [0.29, 0.717) is 23.1 Å². The van der Waals surface area contributed by atoms with E-state index < -0.39 is 0 Å². The zero-order chi connectivity index (χ0) is 13.0. The molecule has 94 valence electrons. The van der Waals surface area contributed by atoms with Gasteiger partial charge in [0.15, 0.2) is 0 Å². The van der Waals surface area contributed by atoms with E-state index in [1.54, 1.807) is 18.5 Å². The highest BCUT2D eigenvalue weighted by atomic mass is 32.1. The minimum absolute atomic E-state index is 0.347. The van der Waals surface area contributed by atoms with Crippen LogP contribution in [0.15, 0.2) is 24.5 Å². The van der Waals surface area contributed by atoms with E-state index in [0.717, 1.165) is 4.88 Å². The van der Waals surface area contributed by atoms with E-state index in [9.17, 15) is 4.79 Å². The predicted molar refractivity (Wildman–Crippen MR) is 67.9 cm³/mol. The Labute approximate surface area is 108 Å². The predicted octanol–water partition coefficient (Wildman–Crippen LogP) is 2.39. The van der Waals surface area contributed by atoms with E-state index in [4.69, 9.17) is 4.74 Å². The summed E-state index contributed by atoms with van der Waals surface area (Å²) in [7, 11) is 1.36. The molecule has 18 heavy (non-hydrogen) atoms. The third-order valence-electron chi connectivity index (χ3n) is 2.15. The summed E-state index contributed by atoms with van der Waals surface area (Å²) in [6.45, 7) is 2.42. The van der Waals surface area contributed by atoms with Crippen molar-refractivity contribution in [2.45, 2.75) is 6.92 Å². The molecule has 2 heterocycles. The van der Waals surface area contributed by atoms with Gasteiger partial charge in [0, 0.05) is 0 Å². The molecule has 0 saturated heterocycles. The Morgan fingerprint density at radius 3 is 2.94 bits per heavy atom. The zero-order valence-electron chi connectivity index (χ0n) is 10.0. The Morgan fingerprint density at radius 1 is 1.39 bits per heavy atom. The highest BCUT2D eigenvalue weighted by molar-refractivity contribution is 7.17. The first-order chi connectivity index (χ1) is 8.74. The third-order valence-corrected chi connectivity index (χ3v) is 3.24. The van der Waals surface area contributed by atoms with Crippen molar-refractivity contribution in [2.24, 2.45) is 0 Å². The van der Waals surface area contributed by atoms with Gasteiger partial charge in [-0.15, -0.1) is 11.3 Å². The summed E-state index contributed by atoms with van der Waals surface area (Å²) < 4.78 is 9.94. The van der Waals surface area contributed by atoms with Crippen molar-refractivity contribution in [1.29, 1.82) is 0 Å². The molecule has 0 aromatic carbocycles. The molecule has 0 saturated carbocycles. The van der Waals surface area contributed by atoms with Gasteiger partial charge in [0.05, 0.1) is 31.0 Å². The van der Waals surface area contributed by atoms with Crippen LogP contribution >= 0.6 is 11.3 Å². The molecule has 0 fully saturated rings. The quantitative estimate of drug-likeness (QED) is 0.793. The fourth-order valence-corrected chi connectivity index (χ4v) is 2.25. The second-order valence-electron chi connectivity index (χ2n) is 3.33. The summed E-state index contributed by atoms with van der Waals surface area (Å²) in [5, 5.41) is 0. The number of esters is 1. The van der Waals surface area contributed by atoms with Crippen LogP contribution < -0.4 is 4.74 Å². The largest absolute Gasteiger partial charge is 0.477 e. The fraction of sp³-hybridized carbons (Fsp3) is 0.250. The molecule has 0 atom stereocenters. The number of carbonyl (C=O) groups is 1. The van der Waals surface area contributed by atoms with Crippen molar-refractivity contribution in [3.8, 4) is 16.5 Å². The van der Waals surface area contributed by atoms with Gasteiger partial charge < -0.3 is 9.47 Å². The molecule has 0 amide bonds. The molecule has 2 aromatic rings. The van der Waals surface area contributed by atoms with Gasteiger partial charge in [-0.1, -0.05) is 0 Å². The number of ether oxygens (including phenoxy) is 2. The van der Waals surface area contributed by atoms with Crippen LogP contribution in [0.4, 0.5) is 0 Å². The number of rotatable bonds is 4. The minimum atomic E-state index is -0.347. The number of hydrogen-bond acceptors (Lipinski definition) is 6. The maximum absolute atomic E-state index is 11.4. The van der Waals surface area contributed by atoms with Gasteiger partial charge in [-0.3, -0.25) is 4.98 Å². The molecule has 0 aliphatic carbocycles. The average molecular weight is 264 g/mol. The number of aromatic nitrogens is 2. The van der Waals surface area contributed by atoms with Gasteiger partial charge in [-0.2, -0.15) is 0 Å². The second kappa shape index (κ2) is 5.59. The van der Waals surface area contributed by atoms with Gasteiger partial charge >= 0.3 is 5.97 Å². The summed E-state index contributed by atoms with van der Waals surface area (Å²) in [6.07, 6.45) is 3.19. The standard InChI is InChI=1S/C12H12N2O3S/c1-3-17-11-7-13-6-8(14-11)9-4-5-10(18-9)12(15)16-2/h4-7H,3H2,1-2H3. The highest BCUT2D eigenvalue weighted by Crippen LogP contribution is 2.27. The molecule has 2 aromatic heterocycles. The van der Waals surface area contributed by atoms with Crippen LogP contribution in [0.2, 0.25) is 0 Å². The first kappa shape index (κ1) is 12.5. The Kier molecular flexibility index (Phi) is 3.88. The molecule has 0 spiro atoms. The topological polar surface area (TPSA) is 61.3 Å². The Balaban J connectivity index is 2.28. The van der Waals surface area contributed by atoms with Gasteiger partial charge in [-0.25, -0.2) is 9.78 Å². The maximum Gasteiger partial charge on any atom is 0.348 e. The number of thiophene rings is 1. The van der Waals surface area contributed by atoms with Crippen molar-refractivity contribution in [1.82, 2.24) is 9.97 Å². The summed E-state index contributed by atoms with van der Waals surface area (Å²) in [6, 6.07) is 3.53. The summed E-state index contributed by atoms with van der Waals surface area (Å²) in [5.41, 5.74) is 0.682. The first-order valence-electron chi connectivity index (χ1n) is 5.38. The minimum Gasteiger partial charge on any atom is -0.477 e. The normalized spacial score (nSPS) is 10.1. The van der Waals surface area contributed by atoms with Crippen LogP contribution in [0.25, 0.3) is 10.6 Å². The van der Waals surface area contributed by atoms with Crippen LogP contribution in [0.3, 0.4) is 0 Å². The van der Waals surface area contributed by atoms with Crippen molar-refractivity contribution in [3.05, 3.63) is 29.4 Å². The third kappa shape index (κ3) is 2.65. The van der Waals surface area contributed by atoms with Crippen LogP contribution in [0.1, 0.15) is 16.6 Å². The first-order valence-corrected chi connectivity index (χ1v) is 6.19. The van der Waals surface area contributed by atoms with E-state index in [-0.39, 0.29) is 5.97 Å². The smallest absolute Gasteiger partial charge is 0.348 e.